The summed E-state index contributed by atoms with van der Waals surface area (Å²) in [4.78, 5) is 0. The maximum Gasteiger partial charge on any atom is 0.0970 e. The average Bonchev–Trinajstić information content (AvgIpc) is 2.15. The first-order valence-corrected chi connectivity index (χ1v) is 7.03. The lowest BCUT2D eigenvalue weighted by Gasteiger charge is -2.21. The molecule has 2 atom stereocenters. The predicted molar refractivity (Wildman–Crippen MR) is 70.2 cm³/mol. The molecule has 1 aliphatic carbocycles. The Bertz CT molecular complexity index is 304. The molecule has 15 heavy (non-hydrogen) atoms. The molecule has 2 unspecified atom stereocenters. The van der Waals surface area contributed by atoms with Crippen molar-refractivity contribution in [2.24, 2.45) is 5.92 Å². The van der Waals surface area contributed by atoms with Gasteiger partial charge in [0, 0.05) is 11.0 Å². The van der Waals surface area contributed by atoms with Crippen LogP contribution in [0.5, 0.6) is 0 Å². The molecule has 0 aromatic heterocycles. The zero-order valence-electron chi connectivity index (χ0n) is 9.42. The maximum atomic E-state index is 11.7. The number of allylic oxidation sites excluding steroid dienone is 3. The number of halogens is 1. The third-order valence-electron chi connectivity index (χ3n) is 2.18. The van der Waals surface area contributed by atoms with E-state index in [2.05, 4.69) is 38.9 Å². The van der Waals surface area contributed by atoms with Crippen molar-refractivity contribution < 1.29 is 4.21 Å². The summed E-state index contributed by atoms with van der Waals surface area (Å²) < 4.78 is 15.8. The van der Waals surface area contributed by atoms with Gasteiger partial charge in [0.05, 0.1) is 15.7 Å². The van der Waals surface area contributed by atoms with Gasteiger partial charge in [-0.3, -0.25) is 0 Å². The molecule has 2 nitrogen and oxygen atoms in total. The molecule has 0 heterocycles. The van der Waals surface area contributed by atoms with Crippen molar-refractivity contribution in [1.29, 1.82) is 0 Å². The molecule has 4 heteroatoms. The lowest BCUT2D eigenvalue weighted by Crippen LogP contribution is -2.35. The summed E-state index contributed by atoms with van der Waals surface area (Å²) in [6.45, 7) is 6.70. The third-order valence-corrected chi connectivity index (χ3v) is 4.31. The molecule has 1 rings (SSSR count). The minimum absolute atomic E-state index is 0.186. The molecule has 0 aromatic rings. The predicted octanol–water partition coefficient (Wildman–Crippen LogP) is 2.89. The van der Waals surface area contributed by atoms with Crippen molar-refractivity contribution in [3.05, 3.63) is 22.7 Å². The fourth-order valence-electron chi connectivity index (χ4n) is 1.19. The zero-order valence-corrected chi connectivity index (χ0v) is 11.8. The fourth-order valence-corrected chi connectivity index (χ4v) is 2.33. The quantitative estimate of drug-likeness (QED) is 0.851. The smallest absolute Gasteiger partial charge is 0.0970 e. The second kappa shape index (κ2) is 5.41. The lowest BCUT2D eigenvalue weighted by molar-refractivity contribution is 0.601. The van der Waals surface area contributed by atoms with Gasteiger partial charge < -0.3 is 0 Å². The fraction of sp³-hybridized carbons (Fsp3) is 0.636. The normalized spacial score (nSPS) is 23.7. The van der Waals surface area contributed by atoms with E-state index in [1.807, 2.05) is 20.8 Å². The first-order valence-electron chi connectivity index (χ1n) is 5.09. The van der Waals surface area contributed by atoms with E-state index in [-0.39, 0.29) is 4.75 Å². The van der Waals surface area contributed by atoms with E-state index < -0.39 is 11.0 Å². The Balaban J connectivity index is 2.34. The van der Waals surface area contributed by atoms with Gasteiger partial charge in [-0.2, -0.15) is 0 Å². The van der Waals surface area contributed by atoms with Gasteiger partial charge in [0.25, 0.3) is 0 Å². The largest absolute Gasteiger partial charge is 0.242 e. The molecule has 0 bridgehead atoms. The highest BCUT2D eigenvalue weighted by Crippen LogP contribution is 2.20. The van der Waals surface area contributed by atoms with E-state index in [1.54, 1.807) is 0 Å². The van der Waals surface area contributed by atoms with Crippen molar-refractivity contribution in [3.63, 3.8) is 0 Å². The van der Waals surface area contributed by atoms with Crippen molar-refractivity contribution in [2.45, 2.75) is 31.9 Å². The van der Waals surface area contributed by atoms with Crippen LogP contribution in [-0.2, 0) is 11.0 Å². The van der Waals surface area contributed by atoms with E-state index in [0.29, 0.717) is 5.92 Å². The van der Waals surface area contributed by atoms with Crippen molar-refractivity contribution >= 4 is 26.9 Å². The van der Waals surface area contributed by atoms with Gasteiger partial charge in [-0.25, -0.2) is 8.93 Å². The first-order chi connectivity index (χ1) is 6.89. The highest BCUT2D eigenvalue weighted by Gasteiger charge is 2.20. The van der Waals surface area contributed by atoms with Crippen LogP contribution >= 0.6 is 15.9 Å². The number of nitrogens with one attached hydrogen (secondary N) is 1. The SMILES string of the molecule is CC(C)(C)S(=O)NCC1C=CC(Br)=CC1. The Morgan fingerprint density at radius 1 is 1.60 bits per heavy atom. The molecule has 86 valence electrons. The van der Waals surface area contributed by atoms with Crippen molar-refractivity contribution in [2.75, 3.05) is 6.54 Å². The number of hydrogen-bond acceptors (Lipinski definition) is 1. The topological polar surface area (TPSA) is 29.1 Å². The van der Waals surface area contributed by atoms with Gasteiger partial charge >= 0.3 is 0 Å². The van der Waals surface area contributed by atoms with Crippen molar-refractivity contribution in [1.82, 2.24) is 4.72 Å². The summed E-state index contributed by atoms with van der Waals surface area (Å²) in [5.41, 5.74) is 0. The number of hydrogen-bond donors (Lipinski definition) is 1. The molecule has 0 aliphatic heterocycles. The summed E-state index contributed by atoms with van der Waals surface area (Å²) in [7, 11) is -0.964. The second-order valence-electron chi connectivity index (χ2n) is 4.67. The molecule has 1 N–H and O–H groups in total. The highest BCUT2D eigenvalue weighted by molar-refractivity contribution is 9.11. The van der Waals surface area contributed by atoms with Crippen LogP contribution in [0.1, 0.15) is 27.2 Å². The standard InChI is InChI=1S/C11H18BrNOS/c1-11(2,3)15(14)13-8-9-4-6-10(12)7-5-9/h4,6-7,9,13H,5,8H2,1-3H3. The molecule has 0 saturated carbocycles. The van der Waals surface area contributed by atoms with Gasteiger partial charge in [-0.1, -0.05) is 34.2 Å². The van der Waals surface area contributed by atoms with Gasteiger partial charge in [0.15, 0.2) is 0 Å². The minimum Gasteiger partial charge on any atom is -0.242 e. The molecule has 1 aliphatic rings. The maximum absolute atomic E-state index is 11.7. The van der Waals surface area contributed by atoms with Crippen molar-refractivity contribution in [3.8, 4) is 0 Å². The molecule has 0 spiro atoms. The van der Waals surface area contributed by atoms with E-state index >= 15 is 0 Å². The van der Waals surface area contributed by atoms with E-state index in [0.717, 1.165) is 17.4 Å². The van der Waals surface area contributed by atoms with Crippen LogP contribution in [0.4, 0.5) is 0 Å². The Morgan fingerprint density at radius 2 is 2.27 bits per heavy atom. The molecule has 0 fully saturated rings. The van der Waals surface area contributed by atoms with E-state index in [4.69, 9.17) is 0 Å². The van der Waals surface area contributed by atoms with E-state index in [1.165, 1.54) is 0 Å². The highest BCUT2D eigenvalue weighted by atomic mass is 79.9. The second-order valence-corrected chi connectivity index (χ2v) is 7.64. The Morgan fingerprint density at radius 3 is 2.73 bits per heavy atom. The van der Waals surface area contributed by atoms with Gasteiger partial charge in [-0.05, 0) is 33.1 Å². The Hall–Kier alpha value is 0.0700. The minimum atomic E-state index is -0.964. The van der Waals surface area contributed by atoms with Crippen LogP contribution < -0.4 is 4.72 Å². The first kappa shape index (κ1) is 13.1. The van der Waals surface area contributed by atoms with Crippen LogP contribution in [0.25, 0.3) is 0 Å². The molecular formula is C11H18BrNOS. The zero-order chi connectivity index (χ0) is 11.5. The molecule has 0 saturated heterocycles. The van der Waals surface area contributed by atoms with Crippen LogP contribution in [0.15, 0.2) is 22.7 Å². The molecular weight excluding hydrogens is 274 g/mol. The monoisotopic (exact) mass is 291 g/mol. The number of rotatable bonds is 3. The van der Waals surface area contributed by atoms with Gasteiger partial charge in [0.1, 0.15) is 0 Å². The van der Waals surface area contributed by atoms with Crippen LogP contribution in [0.3, 0.4) is 0 Å². The average molecular weight is 292 g/mol. The summed E-state index contributed by atoms with van der Waals surface area (Å²) in [6, 6.07) is 0. The third kappa shape index (κ3) is 4.62. The van der Waals surface area contributed by atoms with E-state index in [9.17, 15) is 4.21 Å². The molecule has 0 aromatic carbocycles. The Kier molecular flexibility index (Phi) is 4.74. The lowest BCUT2D eigenvalue weighted by atomic mass is 10.0. The Labute approximate surface area is 103 Å². The summed E-state index contributed by atoms with van der Waals surface area (Å²) in [5.74, 6) is 0.456. The van der Waals surface area contributed by atoms with Crippen LogP contribution in [-0.4, -0.2) is 15.5 Å². The van der Waals surface area contributed by atoms with Crippen LogP contribution in [0.2, 0.25) is 0 Å². The van der Waals surface area contributed by atoms with Crippen LogP contribution in [0, 0.1) is 5.92 Å². The molecule has 0 amide bonds. The summed E-state index contributed by atoms with van der Waals surface area (Å²) in [5, 5.41) is 0. The van der Waals surface area contributed by atoms with Gasteiger partial charge in [-0.15, -0.1) is 0 Å². The summed E-state index contributed by atoms with van der Waals surface area (Å²) >= 11 is 3.42. The van der Waals surface area contributed by atoms with Gasteiger partial charge in [0.2, 0.25) is 0 Å². The summed E-state index contributed by atoms with van der Waals surface area (Å²) in [6.07, 6.45) is 7.35. The molecule has 0 radical (unpaired) electrons.